The van der Waals surface area contributed by atoms with Crippen molar-refractivity contribution in [3.8, 4) is 0 Å². The van der Waals surface area contributed by atoms with Crippen LogP contribution in [0.2, 0.25) is 0 Å². The number of amides is 12. The van der Waals surface area contributed by atoms with Gasteiger partial charge in [-0.2, -0.15) is 0 Å². The molecule has 0 aliphatic rings. The first-order valence-corrected chi connectivity index (χ1v) is 36.5. The highest BCUT2D eigenvalue weighted by Gasteiger charge is 2.37. The van der Waals surface area contributed by atoms with E-state index in [1.807, 2.05) is 71.9 Å². The van der Waals surface area contributed by atoms with Crippen molar-refractivity contribution in [2.45, 2.75) is 278 Å². The van der Waals surface area contributed by atoms with E-state index in [0.717, 1.165) is 5.56 Å². The number of nitrogens with two attached hydrogens (primary N) is 5. The minimum absolute atomic E-state index is 0.0543. The molecule has 0 aliphatic heterocycles. The Morgan fingerprint density at radius 2 is 0.569 bits per heavy atom. The molecule has 0 saturated heterocycles. The minimum atomic E-state index is -1.31. The van der Waals surface area contributed by atoms with Crippen molar-refractivity contribution in [1.29, 1.82) is 0 Å². The first-order valence-electron chi connectivity index (χ1n) is 36.5. The zero-order chi connectivity index (χ0) is 77.3. The lowest BCUT2D eigenvalue weighted by molar-refractivity contribution is -0.143. The first-order chi connectivity index (χ1) is 48.0. The van der Waals surface area contributed by atoms with E-state index in [1.54, 1.807) is 27.7 Å². The van der Waals surface area contributed by atoms with Crippen LogP contribution in [0.25, 0.3) is 0 Å². The number of nitrogens with one attached hydrogen (secondary N) is 12. The normalized spacial score (nSPS) is 15.3. The molecule has 102 heavy (non-hydrogen) atoms. The lowest BCUT2D eigenvalue weighted by Crippen LogP contribution is -2.60. The molecule has 13 atom stereocenters. The molecule has 0 aromatic heterocycles. The molecule has 0 aliphatic carbocycles. The predicted molar refractivity (Wildman–Crippen MR) is 390 cm³/mol. The minimum Gasteiger partial charge on any atom is -0.480 e. The van der Waals surface area contributed by atoms with Crippen molar-refractivity contribution >= 4 is 76.9 Å². The summed E-state index contributed by atoms with van der Waals surface area (Å²) in [7, 11) is 0. The molecule has 12 amide bonds. The Hall–Kier alpha value is -7.87. The van der Waals surface area contributed by atoms with Crippen LogP contribution in [0.5, 0.6) is 0 Å². The Bertz CT molecular complexity index is 2790. The van der Waals surface area contributed by atoms with Crippen molar-refractivity contribution in [1.82, 2.24) is 63.8 Å². The molecule has 23 N–H and O–H groups in total. The highest BCUT2D eigenvalue weighted by Crippen LogP contribution is 2.16. The smallest absolute Gasteiger partial charge is 0.326 e. The molecule has 0 radical (unpaired) electrons. The second kappa shape index (κ2) is 49.7. The maximum Gasteiger partial charge on any atom is 0.326 e. The standard InChI is InChI=1S/C71H127N17O14/c1-40(2)35-54(67(97)78-46(12)60(90)80-50(27-17-21-31-72)63(93)83-53(30-20-24-34-75)66(96)88-58(44(9)10)70(100)87-57(71(101)102)38-43(7)8)84-64(94)51(28-18-22-32-73)82-61(91)47(13)79-68(98)55(36-41(3)4)86-69(99)56(37-42(5)6)85-65(95)52(29-19-23-33-74)81-59(89)45(11)77-62(92)49(76)39-48-25-15-14-16-26-48/h14-16,25-26,40-47,49-58H,17-24,27-39,72-76H2,1-13H3,(H,77,92)(H,78,97)(H,79,98)(H,80,90)(H,81,89)(H,82,91)(H,83,93)(H,84,94)(H,85,95)(H,86,99)(H,87,100)(H,88,96)(H,101,102)/t45-,46-,47-,49-,50-,51-,52-,53-,54-,55-,56-,57-,58-/m0/s1. The molecule has 0 bridgehead atoms. The zero-order valence-electron chi connectivity index (χ0n) is 62.8. The third kappa shape index (κ3) is 36.8. The topological polar surface area (TPSA) is 517 Å². The molecule has 31 nitrogen and oxygen atoms in total. The molecule has 0 unspecified atom stereocenters. The molecule has 1 rings (SSSR count). The number of carbonyl (C=O) groups excluding carboxylic acids is 12. The van der Waals surface area contributed by atoms with Crippen molar-refractivity contribution in [3.63, 3.8) is 0 Å². The Balaban J connectivity index is 3.39. The van der Waals surface area contributed by atoms with Crippen LogP contribution in [0, 0.1) is 29.6 Å². The molecule has 31 heteroatoms. The lowest BCUT2D eigenvalue weighted by Gasteiger charge is -2.29. The fourth-order valence-electron chi connectivity index (χ4n) is 11.0. The second-order valence-electron chi connectivity index (χ2n) is 28.7. The highest BCUT2D eigenvalue weighted by molar-refractivity contribution is 5.99. The predicted octanol–water partition coefficient (Wildman–Crippen LogP) is -0.125. The van der Waals surface area contributed by atoms with Gasteiger partial charge in [-0.1, -0.05) is 99.6 Å². The van der Waals surface area contributed by atoms with Crippen LogP contribution in [-0.4, -0.2) is 187 Å². The molecule has 1 aromatic carbocycles. The quantitative estimate of drug-likeness (QED) is 0.0378. The summed E-state index contributed by atoms with van der Waals surface area (Å²) in [5, 5.41) is 42.0. The van der Waals surface area contributed by atoms with Gasteiger partial charge in [0.05, 0.1) is 6.04 Å². The molecule has 0 fully saturated rings. The molecule has 0 saturated carbocycles. The van der Waals surface area contributed by atoms with Crippen molar-refractivity contribution in [2.75, 3.05) is 26.2 Å². The maximum absolute atomic E-state index is 14.3. The summed E-state index contributed by atoms with van der Waals surface area (Å²) in [4.78, 5) is 180. The number of rotatable bonds is 52. The number of carboxylic acids is 1. The summed E-state index contributed by atoms with van der Waals surface area (Å²) in [5.74, 6) is -11.1. The summed E-state index contributed by atoms with van der Waals surface area (Å²) < 4.78 is 0. The van der Waals surface area contributed by atoms with Crippen LogP contribution in [0.15, 0.2) is 30.3 Å². The van der Waals surface area contributed by atoms with Crippen molar-refractivity contribution in [2.24, 2.45) is 58.3 Å². The van der Waals surface area contributed by atoms with Gasteiger partial charge in [0.2, 0.25) is 70.9 Å². The van der Waals surface area contributed by atoms with Gasteiger partial charge in [-0.15, -0.1) is 0 Å². The molecular formula is C71H127N17O14. The van der Waals surface area contributed by atoms with E-state index in [9.17, 15) is 67.4 Å². The van der Waals surface area contributed by atoms with E-state index in [2.05, 4.69) is 63.8 Å². The third-order valence-electron chi connectivity index (χ3n) is 16.8. The number of hydrogen-bond donors (Lipinski definition) is 18. The van der Waals surface area contributed by atoms with Crippen molar-refractivity contribution < 1.29 is 67.4 Å². The van der Waals surface area contributed by atoms with Gasteiger partial charge in [0.25, 0.3) is 0 Å². The van der Waals surface area contributed by atoms with Crippen LogP contribution in [-0.2, 0) is 68.7 Å². The van der Waals surface area contributed by atoms with Crippen molar-refractivity contribution in [3.05, 3.63) is 35.9 Å². The summed E-state index contributed by atoms with van der Waals surface area (Å²) >= 11 is 0. The molecular weight excluding hydrogens is 1310 g/mol. The van der Waals surface area contributed by atoms with E-state index < -0.39 is 161 Å². The van der Waals surface area contributed by atoms with Crippen LogP contribution >= 0.6 is 0 Å². The number of unbranched alkanes of at least 4 members (excludes halogenated alkanes) is 4. The Morgan fingerprint density at radius 3 is 0.863 bits per heavy atom. The number of benzene rings is 1. The highest BCUT2D eigenvalue weighted by atomic mass is 16.4. The van der Waals surface area contributed by atoms with E-state index >= 15 is 0 Å². The van der Waals surface area contributed by atoms with E-state index in [0.29, 0.717) is 57.9 Å². The van der Waals surface area contributed by atoms with Gasteiger partial charge in [0, 0.05) is 0 Å². The number of carboxylic acid groups (broad SMARTS) is 1. The van der Waals surface area contributed by atoms with Crippen LogP contribution in [0.3, 0.4) is 0 Å². The van der Waals surface area contributed by atoms with Gasteiger partial charge < -0.3 is 97.6 Å². The Morgan fingerprint density at radius 1 is 0.314 bits per heavy atom. The van der Waals surface area contributed by atoms with E-state index in [4.69, 9.17) is 28.7 Å². The van der Waals surface area contributed by atoms with Gasteiger partial charge in [0.1, 0.15) is 72.5 Å². The van der Waals surface area contributed by atoms with Gasteiger partial charge in [-0.05, 0) is 191 Å². The maximum atomic E-state index is 14.3. The van der Waals surface area contributed by atoms with Crippen LogP contribution < -0.4 is 92.5 Å². The van der Waals surface area contributed by atoms with Gasteiger partial charge in [0.15, 0.2) is 0 Å². The average Bonchev–Trinajstić information content (AvgIpc) is 0.862. The summed E-state index contributed by atoms with van der Waals surface area (Å²) in [5.41, 5.74) is 30.1. The lowest BCUT2D eigenvalue weighted by atomic mass is 9.99. The molecule has 0 spiro atoms. The van der Waals surface area contributed by atoms with Crippen LogP contribution in [0.4, 0.5) is 0 Å². The summed E-state index contributed by atoms with van der Waals surface area (Å²) in [6, 6.07) is -6.54. The monoisotopic (exact) mass is 1440 g/mol. The fourth-order valence-corrected chi connectivity index (χ4v) is 11.0. The average molecular weight is 1440 g/mol. The Kier molecular flexibility index (Phi) is 44.9. The van der Waals surface area contributed by atoms with Gasteiger partial charge in [-0.25, -0.2) is 4.79 Å². The largest absolute Gasteiger partial charge is 0.480 e. The van der Waals surface area contributed by atoms with Crippen LogP contribution in [0.1, 0.15) is 198 Å². The second-order valence-corrected chi connectivity index (χ2v) is 28.7. The SMILES string of the molecule is CC(C)C[C@H](NC(=O)[C@@H](NC(=O)[C@H](CCCCN)NC(=O)[C@H](CCCCN)NC(=O)[C@H](C)NC(=O)[C@H](CC(C)C)NC(=O)[C@H](CCCCN)NC(=O)[C@H](C)NC(=O)[C@H](CC(C)C)NC(=O)[C@H](CC(C)C)NC(=O)[C@H](CCCCN)NC(=O)[C@H](C)NC(=O)[C@@H](N)Cc1ccccc1)C(C)C)C(=O)O. The number of carbonyl (C=O) groups is 13. The molecule has 0 heterocycles. The Labute approximate surface area is 603 Å². The first kappa shape index (κ1) is 92.1. The number of hydrogen-bond acceptors (Lipinski definition) is 18. The molecule has 580 valence electrons. The zero-order valence-corrected chi connectivity index (χ0v) is 62.8. The van der Waals surface area contributed by atoms with Gasteiger partial charge in [-0.3, -0.25) is 57.5 Å². The van der Waals surface area contributed by atoms with Gasteiger partial charge >= 0.3 is 5.97 Å². The van der Waals surface area contributed by atoms with E-state index in [-0.39, 0.29) is 101 Å². The van der Waals surface area contributed by atoms with E-state index in [1.165, 1.54) is 20.8 Å². The fraction of sp³-hybridized carbons (Fsp3) is 0.732. The number of aliphatic carboxylic acids is 1. The summed E-state index contributed by atoms with van der Waals surface area (Å²) in [6.07, 6.45) is 4.47. The molecule has 1 aromatic rings. The summed E-state index contributed by atoms with van der Waals surface area (Å²) in [6.45, 7) is 23.2. The third-order valence-corrected chi connectivity index (χ3v) is 16.8.